The average Bonchev–Trinajstić information content (AvgIpc) is 2.73. The van der Waals surface area contributed by atoms with E-state index < -0.39 is 0 Å². The Morgan fingerprint density at radius 3 is 2.50 bits per heavy atom. The first-order valence-corrected chi connectivity index (χ1v) is 6.79. The van der Waals surface area contributed by atoms with Gasteiger partial charge in [0.15, 0.2) is 0 Å². The largest absolute Gasteiger partial charge is 0.394 e. The molecule has 18 heavy (non-hydrogen) atoms. The van der Waals surface area contributed by atoms with Crippen molar-refractivity contribution in [3.8, 4) is 0 Å². The number of carbonyl (C=O) groups is 1. The maximum Gasteiger partial charge on any atom is 0.265 e. The van der Waals surface area contributed by atoms with Gasteiger partial charge in [0.2, 0.25) is 0 Å². The number of nitrogens with one attached hydrogen (secondary N) is 1. The Balaban J connectivity index is 2.89. The van der Waals surface area contributed by atoms with Gasteiger partial charge in [-0.05, 0) is 17.5 Å². The third kappa shape index (κ3) is 3.49. The summed E-state index contributed by atoms with van der Waals surface area (Å²) in [5.41, 5.74) is 0.483. The van der Waals surface area contributed by atoms with E-state index in [4.69, 9.17) is 0 Å². The summed E-state index contributed by atoms with van der Waals surface area (Å²) >= 11 is 1.09. The van der Waals surface area contributed by atoms with Crippen molar-refractivity contribution < 1.29 is 9.90 Å². The lowest BCUT2D eigenvalue weighted by Gasteiger charge is -2.21. The quantitative estimate of drug-likeness (QED) is 0.872. The average molecular weight is 271 g/mol. The van der Waals surface area contributed by atoms with Crippen molar-refractivity contribution in [1.29, 1.82) is 0 Å². The number of aliphatic hydroxyl groups excluding tert-OH is 1. The fourth-order valence-electron chi connectivity index (χ4n) is 1.49. The molecule has 1 unspecified atom stereocenters. The summed E-state index contributed by atoms with van der Waals surface area (Å²) in [5, 5.41) is 16.1. The number of amides is 1. The minimum absolute atomic E-state index is 0.0690. The molecule has 6 heteroatoms. The molecule has 0 radical (unpaired) electrons. The monoisotopic (exact) mass is 271 g/mol. The summed E-state index contributed by atoms with van der Waals surface area (Å²) in [6.07, 6.45) is 0. The van der Waals surface area contributed by atoms with E-state index in [2.05, 4.69) is 14.9 Å². The molecule has 5 nitrogen and oxygen atoms in total. The molecule has 0 fully saturated rings. The molecule has 1 amide bonds. The zero-order valence-electron chi connectivity index (χ0n) is 11.5. The Labute approximate surface area is 112 Å². The van der Waals surface area contributed by atoms with E-state index in [0.717, 1.165) is 11.5 Å². The van der Waals surface area contributed by atoms with Gasteiger partial charge >= 0.3 is 0 Å². The molecule has 0 aliphatic rings. The standard InChI is InChI=1S/C12H21N3O2S/c1-7(2)8(6-16)13-11(17)9-10(12(3,4)5)14-15-18-9/h7-8,16H,6H2,1-5H3,(H,13,17). The Kier molecular flexibility index (Phi) is 4.81. The van der Waals surface area contributed by atoms with Crippen molar-refractivity contribution in [3.63, 3.8) is 0 Å². The predicted molar refractivity (Wildman–Crippen MR) is 71.8 cm³/mol. The van der Waals surface area contributed by atoms with Crippen molar-refractivity contribution in [1.82, 2.24) is 14.9 Å². The van der Waals surface area contributed by atoms with Gasteiger partial charge in [-0.2, -0.15) is 0 Å². The van der Waals surface area contributed by atoms with Gasteiger partial charge in [0.25, 0.3) is 5.91 Å². The van der Waals surface area contributed by atoms with Gasteiger partial charge in [-0.15, -0.1) is 5.10 Å². The Morgan fingerprint density at radius 2 is 2.06 bits per heavy atom. The number of aliphatic hydroxyl groups is 1. The number of hydrogen-bond acceptors (Lipinski definition) is 5. The molecule has 0 saturated carbocycles. The normalized spacial score (nSPS) is 13.7. The van der Waals surface area contributed by atoms with Gasteiger partial charge in [-0.25, -0.2) is 0 Å². The summed E-state index contributed by atoms with van der Waals surface area (Å²) < 4.78 is 3.86. The van der Waals surface area contributed by atoms with E-state index in [-0.39, 0.29) is 29.9 Å². The SMILES string of the molecule is CC(C)C(CO)NC(=O)c1snnc1C(C)(C)C. The van der Waals surface area contributed by atoms with E-state index >= 15 is 0 Å². The molecule has 0 aliphatic heterocycles. The second kappa shape index (κ2) is 5.75. The molecule has 102 valence electrons. The lowest BCUT2D eigenvalue weighted by Crippen LogP contribution is -2.41. The zero-order valence-corrected chi connectivity index (χ0v) is 12.3. The van der Waals surface area contributed by atoms with Gasteiger partial charge in [0.05, 0.1) is 18.3 Å². The second-order valence-electron chi connectivity index (χ2n) is 5.71. The highest BCUT2D eigenvalue weighted by Gasteiger charge is 2.27. The first-order valence-electron chi connectivity index (χ1n) is 6.02. The number of rotatable bonds is 4. The molecule has 0 saturated heterocycles. The van der Waals surface area contributed by atoms with E-state index in [1.807, 2.05) is 34.6 Å². The number of carbonyl (C=O) groups excluding carboxylic acids is 1. The molecule has 0 aromatic carbocycles. The highest BCUT2D eigenvalue weighted by Crippen LogP contribution is 2.25. The fourth-order valence-corrected chi connectivity index (χ4v) is 2.27. The lowest BCUT2D eigenvalue weighted by molar-refractivity contribution is 0.0898. The molecule has 0 spiro atoms. The van der Waals surface area contributed by atoms with Crippen LogP contribution in [0.4, 0.5) is 0 Å². The topological polar surface area (TPSA) is 75.1 Å². The van der Waals surface area contributed by atoms with Gasteiger partial charge in [-0.3, -0.25) is 4.79 Å². The van der Waals surface area contributed by atoms with Crippen LogP contribution in [0.1, 0.15) is 50.0 Å². The van der Waals surface area contributed by atoms with Crippen molar-refractivity contribution in [2.45, 2.75) is 46.1 Å². The van der Waals surface area contributed by atoms with Crippen molar-refractivity contribution >= 4 is 17.4 Å². The van der Waals surface area contributed by atoms with E-state index in [9.17, 15) is 9.90 Å². The molecule has 0 bridgehead atoms. The van der Waals surface area contributed by atoms with Gasteiger partial charge in [0.1, 0.15) is 4.88 Å². The lowest BCUT2D eigenvalue weighted by atomic mass is 9.91. The summed E-state index contributed by atoms with van der Waals surface area (Å²) in [4.78, 5) is 12.7. The van der Waals surface area contributed by atoms with E-state index in [1.54, 1.807) is 0 Å². The van der Waals surface area contributed by atoms with E-state index in [1.165, 1.54) is 0 Å². The van der Waals surface area contributed by atoms with Crippen LogP contribution < -0.4 is 5.32 Å². The number of nitrogens with zero attached hydrogens (tertiary/aromatic N) is 2. The van der Waals surface area contributed by atoms with Crippen LogP contribution in [0.3, 0.4) is 0 Å². The fraction of sp³-hybridized carbons (Fsp3) is 0.750. The molecular weight excluding hydrogens is 250 g/mol. The minimum Gasteiger partial charge on any atom is -0.394 e. The van der Waals surface area contributed by atoms with Crippen LogP contribution in [0.2, 0.25) is 0 Å². The van der Waals surface area contributed by atoms with Gasteiger partial charge in [0, 0.05) is 5.41 Å². The van der Waals surface area contributed by atoms with Gasteiger partial charge < -0.3 is 10.4 Å². The minimum atomic E-state index is -0.243. The summed E-state index contributed by atoms with van der Waals surface area (Å²) in [7, 11) is 0. The molecule has 1 aromatic heterocycles. The third-order valence-electron chi connectivity index (χ3n) is 2.72. The summed E-state index contributed by atoms with van der Waals surface area (Å²) in [5.74, 6) is -0.0272. The van der Waals surface area contributed by atoms with Crippen LogP contribution in [-0.4, -0.2) is 33.2 Å². The second-order valence-corrected chi connectivity index (χ2v) is 6.46. The molecule has 1 heterocycles. The number of hydrogen-bond donors (Lipinski definition) is 2. The molecule has 1 atom stereocenters. The number of aromatic nitrogens is 2. The molecular formula is C12H21N3O2S. The Morgan fingerprint density at radius 1 is 1.44 bits per heavy atom. The third-order valence-corrected chi connectivity index (χ3v) is 3.45. The van der Waals surface area contributed by atoms with Crippen LogP contribution in [0.5, 0.6) is 0 Å². The highest BCUT2D eigenvalue weighted by molar-refractivity contribution is 7.08. The smallest absolute Gasteiger partial charge is 0.265 e. The first-order chi connectivity index (χ1) is 8.27. The molecule has 0 aliphatic carbocycles. The van der Waals surface area contributed by atoms with Crippen LogP contribution in [0.15, 0.2) is 0 Å². The van der Waals surface area contributed by atoms with Crippen LogP contribution >= 0.6 is 11.5 Å². The molecule has 2 N–H and O–H groups in total. The molecule has 1 rings (SSSR count). The first kappa shape index (κ1) is 15.0. The maximum absolute atomic E-state index is 12.2. The van der Waals surface area contributed by atoms with Crippen molar-refractivity contribution in [2.75, 3.05) is 6.61 Å². The maximum atomic E-state index is 12.2. The highest BCUT2D eigenvalue weighted by atomic mass is 32.1. The van der Waals surface area contributed by atoms with E-state index in [0.29, 0.717) is 10.6 Å². The predicted octanol–water partition coefficient (Wildman–Crippen LogP) is 1.58. The van der Waals surface area contributed by atoms with Gasteiger partial charge in [-0.1, -0.05) is 39.1 Å². The van der Waals surface area contributed by atoms with Crippen LogP contribution in [0, 0.1) is 5.92 Å². The summed E-state index contributed by atoms with van der Waals surface area (Å²) in [6.45, 7) is 9.82. The Hall–Kier alpha value is -1.01. The zero-order chi connectivity index (χ0) is 13.9. The summed E-state index contributed by atoms with van der Waals surface area (Å²) in [6, 6.07) is -0.243. The van der Waals surface area contributed by atoms with Crippen LogP contribution in [-0.2, 0) is 5.41 Å². The van der Waals surface area contributed by atoms with Crippen molar-refractivity contribution in [3.05, 3.63) is 10.6 Å². The van der Waals surface area contributed by atoms with Crippen LogP contribution in [0.25, 0.3) is 0 Å². The Bertz CT molecular complexity index is 410. The van der Waals surface area contributed by atoms with Crippen molar-refractivity contribution in [2.24, 2.45) is 5.92 Å². The molecule has 1 aromatic rings.